The fraction of sp³-hybridized carbons (Fsp3) is 0.493. The molecule has 0 aliphatic rings. The quantitative estimate of drug-likeness (QED) is 0.00845. The van der Waals surface area contributed by atoms with Gasteiger partial charge in [-0.1, -0.05) is 44.2 Å². The largest absolute Gasteiger partial charge is 0.508 e. The van der Waals surface area contributed by atoms with E-state index in [0.29, 0.717) is 22.0 Å². The summed E-state index contributed by atoms with van der Waals surface area (Å²) in [4.78, 5) is 251. The minimum atomic E-state index is -2.02. The van der Waals surface area contributed by atoms with Crippen LogP contribution in [-0.4, -0.2) is 251 Å². The number of hydrogen-bond donors (Lipinski definition) is 27. The van der Waals surface area contributed by atoms with Gasteiger partial charge < -0.3 is 133 Å². The second-order valence-electron chi connectivity index (χ2n) is 27.7. The maximum atomic E-state index is 14.6. The van der Waals surface area contributed by atoms with E-state index in [1.54, 1.807) is 50.2 Å². The fourth-order valence-corrected chi connectivity index (χ4v) is 11.5. The van der Waals surface area contributed by atoms with Crippen LogP contribution in [0.5, 0.6) is 5.75 Å². The number of hydrogen-bond acceptors (Lipinski definition) is 24. The van der Waals surface area contributed by atoms with Crippen molar-refractivity contribution in [2.75, 3.05) is 18.9 Å². The molecule has 2 aromatic heterocycles. The first-order chi connectivity index (χ1) is 55.1. The lowest BCUT2D eigenvalue weighted by Crippen LogP contribution is -2.61. The molecular weight excluding hydrogens is 1560 g/mol. The van der Waals surface area contributed by atoms with Gasteiger partial charge in [0.05, 0.1) is 37.5 Å². The number of benzene rings is 2. The lowest BCUT2D eigenvalue weighted by atomic mass is 10.0. The molecule has 0 saturated carbocycles. The molecule has 2 heterocycles. The second kappa shape index (κ2) is 47.6. The number of nitrogens with one attached hydrogen (secondary N) is 17. The van der Waals surface area contributed by atoms with Gasteiger partial charge in [-0.15, -0.1) is 0 Å². The zero-order valence-electron chi connectivity index (χ0n) is 64.5. The minimum Gasteiger partial charge on any atom is -0.508 e. The molecule has 14 atom stereocenters. The van der Waals surface area contributed by atoms with Gasteiger partial charge in [0, 0.05) is 61.3 Å². The third kappa shape index (κ3) is 33.5. The van der Waals surface area contributed by atoms with Crippen LogP contribution in [-0.2, 0) is 106 Å². The Morgan fingerprint density at radius 2 is 0.915 bits per heavy atom. The number of carboxylic acid groups (broad SMARTS) is 2. The number of carbonyl (C=O) groups is 18. The molecule has 31 N–H and O–H groups in total. The van der Waals surface area contributed by atoms with Crippen molar-refractivity contribution in [3.63, 3.8) is 0 Å². The van der Waals surface area contributed by atoms with Crippen molar-refractivity contribution in [3.8, 4) is 5.75 Å². The average Bonchev–Trinajstić information content (AvgIpc) is 1.70. The Kier molecular flexibility index (Phi) is 39.2. The third-order valence-electron chi connectivity index (χ3n) is 17.6. The number of H-pyrrole nitrogens is 2. The summed E-state index contributed by atoms with van der Waals surface area (Å²) in [5, 5.41) is 80.9. The number of carboxylic acids is 2. The number of imidazole rings is 1. The molecule has 0 fully saturated rings. The molecule has 0 spiro atoms. The summed E-state index contributed by atoms with van der Waals surface area (Å²) in [5.74, 6) is -21.8. The molecule has 0 unspecified atom stereocenters. The van der Waals surface area contributed by atoms with Gasteiger partial charge in [0.15, 0.2) is 5.96 Å². The number of carbonyl (C=O) groups excluding carboxylic acids is 16. The number of guanidine groups is 1. The summed E-state index contributed by atoms with van der Waals surface area (Å²) in [7, 11) is 0. The van der Waals surface area contributed by atoms with Crippen molar-refractivity contribution in [2.45, 2.75) is 196 Å². The lowest BCUT2D eigenvalue weighted by Gasteiger charge is -2.28. The van der Waals surface area contributed by atoms with Gasteiger partial charge in [-0.2, -0.15) is 12.6 Å². The number of fused-ring (bicyclic) bond motifs is 1. The highest BCUT2D eigenvalue weighted by atomic mass is 32.1. The molecule has 4 rings (SSSR count). The van der Waals surface area contributed by atoms with Gasteiger partial charge in [0.1, 0.15) is 84.3 Å². The normalized spacial score (nSPS) is 14.6. The standard InChI is InChI=1S/C71H103N23O22S/c1-32(2)21-46(64(109)82-33(3)57(102)85-44(16-18-53(73)97)63(108)94-52(30-117)69(114)84-35(5)59(104)92-50(70(115)116)26-55(75)99)89-67(112)49(25-54(74)98)91-62(107)45(17-19-56(100)101)87-68(113)51(29-95)93-66(111)47(23-37-27-80-42-10-7-6-9-40(37)42)88-58(103)34(4)83-65(110)48(24-38-28-78-31-81-38)90-61(106)43(11-8-20-79-71(76)77)86-60(105)41(72)22-36-12-14-39(96)15-13-36/h6-7,9-10,12-15,27-28,31-35,41,43-52,80,95-96,117H,8,11,16-26,29-30,72H2,1-5H3,(H2,73,97)(H2,74,98)(H2,75,99)(H,78,81)(H,82,109)(H,83,110)(H,84,114)(H,85,102)(H,86,105)(H,87,113)(H,88,103)(H,89,112)(H,90,106)(H,91,107)(H,92,104)(H,93,111)(H,94,108)(H,100,101)(H,115,116)(H4,76,77,79)/t33-,34-,35-,41-,43-,44-,45-,46-,47-,48-,49-,50-,51-,52-/m0/s1. The molecular formula is C71H103N23O22S. The molecule has 2 aromatic carbocycles. The molecule has 640 valence electrons. The van der Waals surface area contributed by atoms with E-state index in [4.69, 9.17) is 34.1 Å². The van der Waals surface area contributed by atoms with Crippen molar-refractivity contribution in [2.24, 2.45) is 34.6 Å². The number of thiol groups is 1. The summed E-state index contributed by atoms with van der Waals surface area (Å²) in [6.45, 7) is 5.59. The number of aliphatic hydroxyl groups excluding tert-OH is 1. The highest BCUT2D eigenvalue weighted by Gasteiger charge is 2.38. The van der Waals surface area contributed by atoms with Gasteiger partial charge >= 0.3 is 11.9 Å². The van der Waals surface area contributed by atoms with E-state index in [2.05, 4.69) is 96.7 Å². The second-order valence-corrected chi connectivity index (χ2v) is 28.1. The Balaban J connectivity index is 1.54. The highest BCUT2D eigenvalue weighted by Crippen LogP contribution is 2.20. The average molecular weight is 1660 g/mol. The molecule has 0 bridgehead atoms. The SMILES string of the molecule is CC(C)C[C@H](NC(=O)[C@H](CC(N)=O)NC(=O)[C@H](CCC(=O)O)NC(=O)[C@H](CO)NC(=O)[C@H](Cc1c[nH]c2ccccc12)NC(=O)[C@H](C)NC(=O)[C@H](Cc1c[nH]cn1)NC(=O)[C@H](CCCNC(=N)N)NC(=O)[C@@H](N)Cc1ccc(O)cc1)C(=O)N[C@@H](C)C(=O)N[C@@H](CCC(N)=O)C(=O)N[C@@H](CS)C(=O)N[C@@H](C)C(=O)N[C@@H](CC(N)=O)C(=O)O. The van der Waals surface area contributed by atoms with Crippen molar-refractivity contribution in [3.05, 3.63) is 84.1 Å². The van der Waals surface area contributed by atoms with Crippen LogP contribution in [0.15, 0.2) is 67.3 Å². The Hall–Kier alpha value is -13.0. The molecule has 117 heavy (non-hydrogen) atoms. The molecule has 4 aromatic rings. The Morgan fingerprint density at radius 1 is 0.479 bits per heavy atom. The van der Waals surface area contributed by atoms with Crippen molar-refractivity contribution in [1.82, 2.24) is 89.4 Å². The van der Waals surface area contributed by atoms with Crippen LogP contribution in [0.3, 0.4) is 0 Å². The molecule has 16 amide bonds. The van der Waals surface area contributed by atoms with Gasteiger partial charge in [-0.25, -0.2) is 9.78 Å². The number of nitrogens with two attached hydrogens (primary N) is 5. The minimum absolute atomic E-state index is 0.00666. The summed E-state index contributed by atoms with van der Waals surface area (Å²) in [5.41, 5.74) is 29.4. The van der Waals surface area contributed by atoms with Gasteiger partial charge in [0.2, 0.25) is 94.5 Å². The van der Waals surface area contributed by atoms with E-state index in [0.717, 1.165) is 13.8 Å². The predicted molar refractivity (Wildman–Crippen MR) is 416 cm³/mol. The van der Waals surface area contributed by atoms with Crippen LogP contribution in [0, 0.1) is 11.3 Å². The maximum Gasteiger partial charge on any atom is 0.326 e. The van der Waals surface area contributed by atoms with Gasteiger partial charge in [0.25, 0.3) is 0 Å². The number of nitrogens with zero attached hydrogens (tertiary/aromatic N) is 1. The van der Waals surface area contributed by atoms with E-state index in [1.165, 1.54) is 37.8 Å². The number of phenolic OH excluding ortho intramolecular Hbond substituents is 1. The summed E-state index contributed by atoms with van der Waals surface area (Å²) in [6.07, 6.45) is -0.980. The molecule has 46 heteroatoms. The molecule has 0 aliphatic heterocycles. The first-order valence-electron chi connectivity index (χ1n) is 36.7. The van der Waals surface area contributed by atoms with E-state index in [-0.39, 0.29) is 62.5 Å². The van der Waals surface area contributed by atoms with Crippen LogP contribution in [0.25, 0.3) is 10.9 Å². The smallest absolute Gasteiger partial charge is 0.326 e. The Morgan fingerprint density at radius 3 is 1.44 bits per heavy atom. The van der Waals surface area contributed by atoms with Crippen LogP contribution in [0.2, 0.25) is 0 Å². The number of phenols is 1. The van der Waals surface area contributed by atoms with Crippen molar-refractivity contribution < 1.29 is 107 Å². The van der Waals surface area contributed by atoms with E-state index >= 15 is 0 Å². The zero-order valence-corrected chi connectivity index (χ0v) is 65.4. The van der Waals surface area contributed by atoms with Crippen LogP contribution >= 0.6 is 12.6 Å². The van der Waals surface area contributed by atoms with Crippen LogP contribution in [0.1, 0.15) is 109 Å². The number of aromatic amines is 2. The number of primary amides is 3. The number of rotatable bonds is 51. The molecule has 0 aliphatic carbocycles. The summed E-state index contributed by atoms with van der Waals surface area (Å²) in [6, 6.07) is -10.3. The van der Waals surface area contributed by atoms with E-state index in [1.807, 2.05) is 5.32 Å². The van der Waals surface area contributed by atoms with Crippen molar-refractivity contribution >= 4 is 136 Å². The number of aromatic hydroxyl groups is 1. The number of aliphatic carboxylic acids is 2. The predicted octanol–water partition coefficient (Wildman–Crippen LogP) is -8.49. The van der Waals surface area contributed by atoms with E-state index < -0.39 is 248 Å². The highest BCUT2D eigenvalue weighted by molar-refractivity contribution is 7.80. The number of aromatic nitrogens is 3. The Labute approximate surface area is 674 Å². The van der Waals surface area contributed by atoms with Crippen LogP contribution in [0.4, 0.5) is 0 Å². The molecule has 0 radical (unpaired) electrons. The lowest BCUT2D eigenvalue weighted by molar-refractivity contribution is -0.143. The topological polar surface area (TPSA) is 755 Å². The van der Waals surface area contributed by atoms with Crippen molar-refractivity contribution in [1.29, 1.82) is 5.41 Å². The number of aliphatic hydroxyl groups is 1. The summed E-state index contributed by atoms with van der Waals surface area (Å²) < 4.78 is 0. The molecule has 45 nitrogen and oxygen atoms in total. The third-order valence-corrected chi connectivity index (χ3v) is 17.9. The fourth-order valence-electron chi connectivity index (χ4n) is 11.3. The van der Waals surface area contributed by atoms with Crippen LogP contribution < -0.4 is 103 Å². The number of para-hydroxylation sites is 1. The first-order valence-corrected chi connectivity index (χ1v) is 37.3. The summed E-state index contributed by atoms with van der Waals surface area (Å²) >= 11 is 4.08. The van der Waals surface area contributed by atoms with E-state index in [9.17, 15) is 107 Å². The maximum absolute atomic E-state index is 14.6. The first kappa shape index (κ1) is 96.4. The Bertz CT molecular complexity index is 4200. The molecule has 0 saturated heterocycles. The van der Waals surface area contributed by atoms with Gasteiger partial charge in [-0.3, -0.25) is 86.9 Å². The number of amides is 16. The monoisotopic (exact) mass is 1660 g/mol. The zero-order chi connectivity index (χ0) is 87.5. The van der Waals surface area contributed by atoms with Gasteiger partial charge in [-0.05, 0) is 94.5 Å².